The summed E-state index contributed by atoms with van der Waals surface area (Å²) in [6, 6.07) is 17.8. The average molecular weight is 558 g/mol. The maximum atomic E-state index is 13.6. The molecular weight excluding hydrogens is 538 g/mol. The van der Waals surface area contributed by atoms with Gasteiger partial charge in [0, 0.05) is 10.0 Å². The number of fused-ring (bicyclic) bond motifs is 2. The van der Waals surface area contributed by atoms with E-state index in [0.717, 1.165) is 9.86 Å². The van der Waals surface area contributed by atoms with Crippen LogP contribution in [0.25, 0.3) is 33.5 Å². The molecule has 184 valence electrons. The molecule has 0 N–H and O–H groups in total. The molecule has 0 bridgehead atoms. The number of methoxy groups -OCH3 is 2. The molecule has 5 aromatic rings. The Labute approximate surface area is 220 Å². The van der Waals surface area contributed by atoms with E-state index in [1.807, 2.05) is 24.3 Å². The maximum Gasteiger partial charge on any atom is 0.282 e. The van der Waals surface area contributed by atoms with Crippen LogP contribution in [0.15, 0.2) is 79.4 Å². The van der Waals surface area contributed by atoms with Gasteiger partial charge < -0.3 is 18.6 Å². The molecule has 9 heteroatoms. The molecule has 2 heterocycles. The zero-order chi connectivity index (χ0) is 25.9. The molecule has 0 unspecified atom stereocenters. The van der Waals surface area contributed by atoms with E-state index in [1.165, 1.54) is 18.0 Å². The van der Waals surface area contributed by atoms with Crippen molar-refractivity contribution in [3.05, 3.63) is 81.1 Å². The van der Waals surface area contributed by atoms with E-state index in [-0.39, 0.29) is 18.0 Å². The standard InChI is InChI=1S/C28H20BrN3O5/c1-4-12-36-26-17(13-18(29)14-24(26)35-3)16-30-32-27(31-21-9-6-5-8-19(21)28(32)33)25-15-20-22(34-2)10-7-11-23(20)37-25/h1,5-11,13-16H,12H2,2-3H3. The van der Waals surface area contributed by atoms with Crippen molar-refractivity contribution >= 4 is 44.0 Å². The van der Waals surface area contributed by atoms with E-state index in [4.69, 9.17) is 30.0 Å². The molecule has 0 amide bonds. The monoisotopic (exact) mass is 557 g/mol. The molecule has 5 rings (SSSR count). The lowest BCUT2D eigenvalue weighted by molar-refractivity contribution is 0.330. The summed E-state index contributed by atoms with van der Waals surface area (Å²) in [6.07, 6.45) is 6.88. The number of para-hydroxylation sites is 1. The fraction of sp³-hybridized carbons (Fsp3) is 0.107. The highest BCUT2D eigenvalue weighted by atomic mass is 79.9. The number of ether oxygens (including phenoxy) is 3. The van der Waals surface area contributed by atoms with Crippen LogP contribution in [0.2, 0.25) is 0 Å². The van der Waals surface area contributed by atoms with E-state index >= 15 is 0 Å². The zero-order valence-corrected chi connectivity index (χ0v) is 21.5. The zero-order valence-electron chi connectivity index (χ0n) is 19.9. The first kappa shape index (κ1) is 24.2. The van der Waals surface area contributed by atoms with E-state index < -0.39 is 0 Å². The molecule has 0 saturated carbocycles. The van der Waals surface area contributed by atoms with Crippen LogP contribution in [0.1, 0.15) is 5.56 Å². The van der Waals surface area contributed by atoms with Crippen LogP contribution >= 0.6 is 15.9 Å². The number of rotatable bonds is 7. The Bertz CT molecular complexity index is 1760. The van der Waals surface area contributed by atoms with Gasteiger partial charge in [0.2, 0.25) is 5.82 Å². The Balaban J connectivity index is 1.73. The second kappa shape index (κ2) is 10.2. The van der Waals surface area contributed by atoms with E-state index in [0.29, 0.717) is 45.1 Å². The smallest absolute Gasteiger partial charge is 0.282 e. The molecular formula is C28H20BrN3O5. The molecule has 0 atom stereocenters. The number of benzene rings is 3. The Morgan fingerprint density at radius 2 is 1.89 bits per heavy atom. The van der Waals surface area contributed by atoms with Crippen LogP contribution in [-0.4, -0.2) is 36.7 Å². The molecule has 0 fully saturated rings. The van der Waals surface area contributed by atoms with Crippen LogP contribution in [-0.2, 0) is 0 Å². The van der Waals surface area contributed by atoms with Crippen molar-refractivity contribution in [2.24, 2.45) is 5.10 Å². The maximum absolute atomic E-state index is 13.6. The Kier molecular flexibility index (Phi) is 6.66. The van der Waals surface area contributed by atoms with Crippen molar-refractivity contribution in [2.75, 3.05) is 20.8 Å². The number of hydrogen-bond donors (Lipinski definition) is 0. The summed E-state index contributed by atoms with van der Waals surface area (Å²) in [5, 5.41) is 5.68. The Morgan fingerprint density at radius 1 is 1.08 bits per heavy atom. The fourth-order valence-electron chi connectivity index (χ4n) is 3.94. The highest BCUT2D eigenvalue weighted by Crippen LogP contribution is 2.35. The normalized spacial score (nSPS) is 11.2. The molecule has 8 nitrogen and oxygen atoms in total. The van der Waals surface area contributed by atoms with Crippen LogP contribution in [0.4, 0.5) is 0 Å². The van der Waals surface area contributed by atoms with Gasteiger partial charge >= 0.3 is 0 Å². The van der Waals surface area contributed by atoms with Crippen molar-refractivity contribution in [3.63, 3.8) is 0 Å². The van der Waals surface area contributed by atoms with Gasteiger partial charge in [0.15, 0.2) is 17.3 Å². The van der Waals surface area contributed by atoms with Gasteiger partial charge in [-0.25, -0.2) is 4.98 Å². The minimum atomic E-state index is -0.364. The lowest BCUT2D eigenvalue weighted by atomic mass is 10.2. The fourth-order valence-corrected chi connectivity index (χ4v) is 4.39. The van der Waals surface area contributed by atoms with Crippen molar-refractivity contribution in [1.29, 1.82) is 0 Å². The number of aromatic nitrogens is 2. The van der Waals surface area contributed by atoms with Crippen LogP contribution in [0.3, 0.4) is 0 Å². The van der Waals surface area contributed by atoms with E-state index in [2.05, 4.69) is 27.0 Å². The van der Waals surface area contributed by atoms with Gasteiger partial charge in [-0.2, -0.15) is 9.78 Å². The number of terminal acetylenes is 1. The highest BCUT2D eigenvalue weighted by Gasteiger charge is 2.18. The second-order valence-electron chi connectivity index (χ2n) is 7.82. The third-order valence-corrected chi connectivity index (χ3v) is 6.05. The van der Waals surface area contributed by atoms with Crippen molar-refractivity contribution in [1.82, 2.24) is 9.66 Å². The van der Waals surface area contributed by atoms with Crippen molar-refractivity contribution < 1.29 is 18.6 Å². The van der Waals surface area contributed by atoms with Crippen molar-refractivity contribution in [3.8, 4) is 41.2 Å². The number of halogens is 1. The van der Waals surface area contributed by atoms with Gasteiger partial charge in [0.25, 0.3) is 5.56 Å². The quantitative estimate of drug-likeness (QED) is 0.194. The molecule has 0 aliphatic carbocycles. The topological polar surface area (TPSA) is 88.1 Å². The first-order valence-corrected chi connectivity index (χ1v) is 11.9. The summed E-state index contributed by atoms with van der Waals surface area (Å²) in [5.74, 6) is 4.52. The van der Waals surface area contributed by atoms with Gasteiger partial charge in [0.05, 0.1) is 36.7 Å². The molecule has 0 spiro atoms. The largest absolute Gasteiger partial charge is 0.496 e. The summed E-state index contributed by atoms with van der Waals surface area (Å²) < 4.78 is 24.6. The van der Waals surface area contributed by atoms with E-state index in [9.17, 15) is 4.79 Å². The SMILES string of the molecule is C#CCOc1c(C=Nn2c(-c3cc4c(OC)cccc4o3)nc3ccccc3c2=O)cc(Br)cc1OC. The Hall–Kier alpha value is -4.55. The minimum absolute atomic E-state index is 0.0301. The minimum Gasteiger partial charge on any atom is -0.496 e. The van der Waals surface area contributed by atoms with Crippen molar-refractivity contribution in [2.45, 2.75) is 0 Å². The number of furan rings is 1. The number of nitrogens with zero attached hydrogens (tertiary/aromatic N) is 3. The molecule has 3 aromatic carbocycles. The Morgan fingerprint density at radius 3 is 2.68 bits per heavy atom. The summed E-state index contributed by atoms with van der Waals surface area (Å²) in [4.78, 5) is 18.3. The summed E-state index contributed by atoms with van der Waals surface area (Å²) in [6.45, 7) is 0.0301. The molecule has 0 saturated heterocycles. The highest BCUT2D eigenvalue weighted by molar-refractivity contribution is 9.10. The predicted molar refractivity (Wildman–Crippen MR) is 146 cm³/mol. The second-order valence-corrected chi connectivity index (χ2v) is 8.73. The molecule has 0 radical (unpaired) electrons. The lowest BCUT2D eigenvalue weighted by Crippen LogP contribution is -2.20. The molecule has 37 heavy (non-hydrogen) atoms. The first-order chi connectivity index (χ1) is 18.0. The summed E-state index contributed by atoms with van der Waals surface area (Å²) in [7, 11) is 3.11. The van der Waals surface area contributed by atoms with Gasteiger partial charge in [-0.05, 0) is 42.5 Å². The van der Waals surface area contributed by atoms with Gasteiger partial charge in [-0.1, -0.05) is 40.0 Å². The predicted octanol–water partition coefficient (Wildman–Crippen LogP) is 5.48. The number of hydrogen-bond acceptors (Lipinski definition) is 7. The average Bonchev–Trinajstić information content (AvgIpc) is 3.36. The summed E-state index contributed by atoms with van der Waals surface area (Å²) >= 11 is 3.47. The summed E-state index contributed by atoms with van der Waals surface area (Å²) in [5.41, 5.74) is 1.29. The molecule has 0 aliphatic rings. The van der Waals surface area contributed by atoms with Crippen LogP contribution in [0.5, 0.6) is 17.2 Å². The first-order valence-electron chi connectivity index (χ1n) is 11.1. The van der Waals surface area contributed by atoms with Gasteiger partial charge in [0.1, 0.15) is 17.9 Å². The third-order valence-electron chi connectivity index (χ3n) is 5.60. The van der Waals surface area contributed by atoms with E-state index in [1.54, 1.807) is 43.5 Å². The third kappa shape index (κ3) is 4.55. The van der Waals surface area contributed by atoms with Gasteiger partial charge in [-0.15, -0.1) is 6.42 Å². The molecule has 2 aromatic heterocycles. The van der Waals surface area contributed by atoms with Crippen LogP contribution < -0.4 is 19.8 Å². The van der Waals surface area contributed by atoms with Gasteiger partial charge in [-0.3, -0.25) is 4.79 Å². The molecule has 0 aliphatic heterocycles. The van der Waals surface area contributed by atoms with Crippen LogP contribution in [0, 0.1) is 12.3 Å². The lowest BCUT2D eigenvalue weighted by Gasteiger charge is -2.12.